The molecule has 0 unspecified atom stereocenters. The van der Waals surface area contributed by atoms with Crippen LogP contribution in [-0.2, 0) is 11.3 Å². The van der Waals surface area contributed by atoms with Crippen LogP contribution in [0.4, 0.5) is 0 Å². The number of carbonyl (C=O) groups excluding carboxylic acids is 1. The number of hydrogen-bond donors (Lipinski definition) is 1. The van der Waals surface area contributed by atoms with Crippen molar-refractivity contribution in [3.63, 3.8) is 0 Å². The summed E-state index contributed by atoms with van der Waals surface area (Å²) < 4.78 is 1.82. The minimum atomic E-state index is -0.196. The van der Waals surface area contributed by atoms with E-state index in [1.54, 1.807) is 18.3 Å². The number of nitrogens with one attached hydrogen (secondary N) is 1. The first-order valence-electron chi connectivity index (χ1n) is 4.26. The fourth-order valence-corrected chi connectivity index (χ4v) is 1.42. The van der Waals surface area contributed by atoms with Gasteiger partial charge in [0.1, 0.15) is 6.54 Å². The van der Waals surface area contributed by atoms with Gasteiger partial charge in [-0.2, -0.15) is 0 Å². The number of aromatic nitrogens is 1. The van der Waals surface area contributed by atoms with Gasteiger partial charge in [-0.25, -0.2) is 0 Å². The van der Waals surface area contributed by atoms with Crippen LogP contribution in [0.3, 0.4) is 0 Å². The smallest absolute Gasteiger partial charge is 0.265 e. The SMILES string of the molecule is CCNC(=O)Cn1cccc(Br)c1=O. The Morgan fingerprint density at radius 3 is 3.00 bits per heavy atom. The Labute approximate surface area is 90.1 Å². The number of amides is 1. The van der Waals surface area contributed by atoms with Crippen LogP contribution in [0.2, 0.25) is 0 Å². The number of carbonyl (C=O) groups is 1. The first-order chi connectivity index (χ1) is 6.65. The molecule has 0 saturated carbocycles. The molecule has 0 fully saturated rings. The van der Waals surface area contributed by atoms with E-state index < -0.39 is 0 Å². The predicted octanol–water partition coefficient (Wildman–Crippen LogP) is 0.747. The molecular formula is C9H11BrN2O2. The lowest BCUT2D eigenvalue weighted by molar-refractivity contribution is -0.121. The van der Waals surface area contributed by atoms with Crippen molar-refractivity contribution in [2.75, 3.05) is 6.54 Å². The number of rotatable bonds is 3. The standard InChI is InChI=1S/C9H11BrN2O2/c1-2-11-8(13)6-12-5-3-4-7(10)9(12)14/h3-5H,2,6H2,1H3,(H,11,13). The zero-order valence-corrected chi connectivity index (χ0v) is 9.37. The van der Waals surface area contributed by atoms with Crippen molar-refractivity contribution in [3.05, 3.63) is 33.2 Å². The van der Waals surface area contributed by atoms with Crippen molar-refractivity contribution < 1.29 is 4.79 Å². The molecule has 1 N–H and O–H groups in total. The Morgan fingerprint density at radius 2 is 2.36 bits per heavy atom. The summed E-state index contributed by atoms with van der Waals surface area (Å²) in [5.41, 5.74) is -0.196. The molecule has 0 bridgehead atoms. The van der Waals surface area contributed by atoms with E-state index in [0.29, 0.717) is 11.0 Å². The van der Waals surface area contributed by atoms with Gasteiger partial charge in [-0.05, 0) is 35.0 Å². The Bertz CT molecular complexity index is 387. The highest BCUT2D eigenvalue weighted by atomic mass is 79.9. The van der Waals surface area contributed by atoms with E-state index in [-0.39, 0.29) is 18.0 Å². The topological polar surface area (TPSA) is 51.1 Å². The molecule has 76 valence electrons. The average molecular weight is 259 g/mol. The minimum Gasteiger partial charge on any atom is -0.355 e. The van der Waals surface area contributed by atoms with Gasteiger partial charge in [0.05, 0.1) is 4.47 Å². The minimum absolute atomic E-state index is 0.0616. The van der Waals surface area contributed by atoms with E-state index in [9.17, 15) is 9.59 Å². The summed E-state index contributed by atoms with van der Waals surface area (Å²) >= 11 is 3.11. The predicted molar refractivity (Wildman–Crippen MR) is 57.1 cm³/mol. The Kier molecular flexibility index (Phi) is 3.88. The van der Waals surface area contributed by atoms with Gasteiger partial charge < -0.3 is 9.88 Å². The zero-order chi connectivity index (χ0) is 10.6. The van der Waals surface area contributed by atoms with E-state index >= 15 is 0 Å². The number of likely N-dealkylation sites (N-methyl/N-ethyl adjacent to an activating group) is 1. The molecule has 0 radical (unpaired) electrons. The monoisotopic (exact) mass is 258 g/mol. The fraction of sp³-hybridized carbons (Fsp3) is 0.333. The fourth-order valence-electron chi connectivity index (χ4n) is 1.04. The van der Waals surface area contributed by atoms with Crippen LogP contribution in [0.5, 0.6) is 0 Å². The molecule has 14 heavy (non-hydrogen) atoms. The molecular weight excluding hydrogens is 248 g/mol. The summed E-state index contributed by atoms with van der Waals surface area (Å²) in [6, 6.07) is 3.36. The van der Waals surface area contributed by atoms with Crippen molar-refractivity contribution in [2.24, 2.45) is 0 Å². The largest absolute Gasteiger partial charge is 0.355 e. The molecule has 5 heteroatoms. The van der Waals surface area contributed by atoms with Gasteiger partial charge in [-0.3, -0.25) is 9.59 Å². The van der Waals surface area contributed by atoms with Crippen LogP contribution in [0.1, 0.15) is 6.92 Å². The van der Waals surface area contributed by atoms with E-state index in [0.717, 1.165) is 0 Å². The number of pyridine rings is 1. The van der Waals surface area contributed by atoms with Gasteiger partial charge in [0.25, 0.3) is 5.56 Å². The molecule has 1 aromatic rings. The molecule has 0 spiro atoms. The second kappa shape index (κ2) is 4.95. The highest BCUT2D eigenvalue weighted by Crippen LogP contribution is 2.00. The van der Waals surface area contributed by atoms with Crippen molar-refractivity contribution in [2.45, 2.75) is 13.5 Å². The third kappa shape index (κ3) is 2.70. The third-order valence-corrected chi connectivity index (χ3v) is 2.27. The van der Waals surface area contributed by atoms with Crippen molar-refractivity contribution in [3.8, 4) is 0 Å². The van der Waals surface area contributed by atoms with E-state index in [2.05, 4.69) is 21.2 Å². The second-order valence-electron chi connectivity index (χ2n) is 2.74. The molecule has 0 aliphatic rings. The Hall–Kier alpha value is -1.10. The van der Waals surface area contributed by atoms with Crippen LogP contribution >= 0.6 is 15.9 Å². The summed E-state index contributed by atoms with van der Waals surface area (Å²) in [5.74, 6) is -0.160. The van der Waals surface area contributed by atoms with Crippen LogP contribution in [0, 0.1) is 0 Å². The van der Waals surface area contributed by atoms with E-state index in [1.807, 2.05) is 6.92 Å². The van der Waals surface area contributed by atoms with Gasteiger partial charge in [0.2, 0.25) is 5.91 Å². The maximum Gasteiger partial charge on any atom is 0.265 e. The van der Waals surface area contributed by atoms with Crippen LogP contribution in [0.15, 0.2) is 27.6 Å². The number of hydrogen-bond acceptors (Lipinski definition) is 2. The van der Waals surface area contributed by atoms with Gasteiger partial charge in [0, 0.05) is 12.7 Å². The first kappa shape index (κ1) is 11.0. The lowest BCUT2D eigenvalue weighted by Crippen LogP contribution is -2.31. The van der Waals surface area contributed by atoms with Crippen molar-refractivity contribution in [1.82, 2.24) is 9.88 Å². The molecule has 1 rings (SSSR count). The summed E-state index contributed by atoms with van der Waals surface area (Å²) in [6.45, 7) is 2.47. The number of nitrogens with zero attached hydrogens (tertiary/aromatic N) is 1. The van der Waals surface area contributed by atoms with Crippen LogP contribution in [0.25, 0.3) is 0 Å². The number of halogens is 1. The molecule has 0 saturated heterocycles. The molecule has 1 aromatic heterocycles. The van der Waals surface area contributed by atoms with Gasteiger partial charge in [0.15, 0.2) is 0 Å². The molecule has 0 atom stereocenters. The quantitative estimate of drug-likeness (QED) is 0.870. The molecule has 4 nitrogen and oxygen atoms in total. The highest BCUT2D eigenvalue weighted by Gasteiger charge is 2.04. The van der Waals surface area contributed by atoms with Crippen molar-refractivity contribution >= 4 is 21.8 Å². The maximum atomic E-state index is 11.4. The molecule has 1 amide bonds. The normalized spacial score (nSPS) is 9.86. The summed E-state index contributed by atoms with van der Waals surface area (Å²) in [4.78, 5) is 22.6. The van der Waals surface area contributed by atoms with E-state index in [4.69, 9.17) is 0 Å². The molecule has 0 aromatic carbocycles. The lowest BCUT2D eigenvalue weighted by atomic mass is 10.4. The zero-order valence-electron chi connectivity index (χ0n) is 7.79. The Balaban J connectivity index is 2.82. The van der Waals surface area contributed by atoms with Crippen molar-refractivity contribution in [1.29, 1.82) is 0 Å². The molecule has 0 aliphatic heterocycles. The molecule has 1 heterocycles. The van der Waals surface area contributed by atoms with E-state index in [1.165, 1.54) is 4.57 Å². The Morgan fingerprint density at radius 1 is 1.64 bits per heavy atom. The maximum absolute atomic E-state index is 11.4. The summed E-state index contributed by atoms with van der Waals surface area (Å²) in [7, 11) is 0. The van der Waals surface area contributed by atoms with Gasteiger partial charge >= 0.3 is 0 Å². The van der Waals surface area contributed by atoms with Gasteiger partial charge in [-0.1, -0.05) is 0 Å². The lowest BCUT2D eigenvalue weighted by Gasteiger charge is -2.05. The summed E-state index contributed by atoms with van der Waals surface area (Å²) in [6.07, 6.45) is 1.59. The average Bonchev–Trinajstić information content (AvgIpc) is 2.13. The summed E-state index contributed by atoms with van der Waals surface area (Å²) in [5, 5.41) is 2.63. The van der Waals surface area contributed by atoms with Crippen LogP contribution < -0.4 is 10.9 Å². The third-order valence-electron chi connectivity index (χ3n) is 1.66. The second-order valence-corrected chi connectivity index (χ2v) is 3.60. The highest BCUT2D eigenvalue weighted by molar-refractivity contribution is 9.10. The van der Waals surface area contributed by atoms with Gasteiger partial charge in [-0.15, -0.1) is 0 Å². The molecule has 0 aliphatic carbocycles. The van der Waals surface area contributed by atoms with Crippen LogP contribution in [-0.4, -0.2) is 17.0 Å². The first-order valence-corrected chi connectivity index (χ1v) is 5.06.